The molecule has 1 fully saturated rings. The van der Waals surface area contributed by atoms with E-state index in [4.69, 9.17) is 9.15 Å². The van der Waals surface area contributed by atoms with Crippen LogP contribution >= 0.6 is 0 Å². The van der Waals surface area contributed by atoms with Crippen molar-refractivity contribution in [3.05, 3.63) is 59.5 Å². The van der Waals surface area contributed by atoms with Crippen LogP contribution in [0.25, 0.3) is 12.2 Å². The SMILES string of the molecule is O=C(c1ccc(C=Cc2ccccc2)o1)N1CCOCC1. The Morgan fingerprint density at radius 3 is 2.52 bits per heavy atom. The van der Waals surface area contributed by atoms with Gasteiger partial charge in [0.05, 0.1) is 13.2 Å². The van der Waals surface area contributed by atoms with Crippen LogP contribution in [0.15, 0.2) is 46.9 Å². The van der Waals surface area contributed by atoms with Crippen LogP contribution in [-0.2, 0) is 4.74 Å². The summed E-state index contributed by atoms with van der Waals surface area (Å²) in [5.74, 6) is 0.984. The van der Waals surface area contributed by atoms with Crippen molar-refractivity contribution < 1.29 is 13.9 Å². The van der Waals surface area contributed by atoms with Gasteiger partial charge in [-0.15, -0.1) is 0 Å². The molecule has 0 radical (unpaired) electrons. The number of benzene rings is 1. The topological polar surface area (TPSA) is 42.7 Å². The van der Waals surface area contributed by atoms with E-state index in [9.17, 15) is 4.79 Å². The fourth-order valence-electron chi connectivity index (χ4n) is 2.22. The molecule has 0 spiro atoms. The average molecular weight is 283 g/mol. The number of ether oxygens (including phenoxy) is 1. The van der Waals surface area contributed by atoms with Crippen LogP contribution in [0.5, 0.6) is 0 Å². The van der Waals surface area contributed by atoms with Crippen molar-refractivity contribution in [2.24, 2.45) is 0 Å². The smallest absolute Gasteiger partial charge is 0.289 e. The Morgan fingerprint density at radius 2 is 1.76 bits per heavy atom. The van der Waals surface area contributed by atoms with Gasteiger partial charge in [0.25, 0.3) is 5.91 Å². The van der Waals surface area contributed by atoms with Crippen molar-refractivity contribution in [3.63, 3.8) is 0 Å². The molecule has 1 aliphatic rings. The highest BCUT2D eigenvalue weighted by Gasteiger charge is 2.20. The summed E-state index contributed by atoms with van der Waals surface area (Å²) in [4.78, 5) is 14.0. The van der Waals surface area contributed by atoms with Gasteiger partial charge < -0.3 is 14.1 Å². The predicted octanol–water partition coefficient (Wildman–Crippen LogP) is 2.92. The van der Waals surface area contributed by atoms with E-state index in [-0.39, 0.29) is 5.91 Å². The van der Waals surface area contributed by atoms with Gasteiger partial charge in [-0.25, -0.2) is 0 Å². The molecule has 3 rings (SSSR count). The van der Waals surface area contributed by atoms with E-state index < -0.39 is 0 Å². The predicted molar refractivity (Wildman–Crippen MR) is 80.8 cm³/mol. The van der Waals surface area contributed by atoms with E-state index >= 15 is 0 Å². The number of nitrogens with zero attached hydrogens (tertiary/aromatic N) is 1. The van der Waals surface area contributed by atoms with Gasteiger partial charge in [-0.3, -0.25) is 4.79 Å². The Labute approximate surface area is 123 Å². The summed E-state index contributed by atoms with van der Waals surface area (Å²) in [6.45, 7) is 2.42. The molecule has 21 heavy (non-hydrogen) atoms. The molecule has 4 nitrogen and oxygen atoms in total. The molecule has 0 bridgehead atoms. The molecule has 2 heterocycles. The second kappa shape index (κ2) is 6.41. The summed E-state index contributed by atoms with van der Waals surface area (Å²) in [7, 11) is 0. The van der Waals surface area contributed by atoms with Gasteiger partial charge in [-0.1, -0.05) is 36.4 Å². The maximum atomic E-state index is 12.2. The molecule has 0 saturated carbocycles. The van der Waals surface area contributed by atoms with Crippen molar-refractivity contribution >= 4 is 18.1 Å². The molecule has 1 aromatic carbocycles. The van der Waals surface area contributed by atoms with Crippen LogP contribution < -0.4 is 0 Å². The highest BCUT2D eigenvalue weighted by molar-refractivity contribution is 5.92. The lowest BCUT2D eigenvalue weighted by Gasteiger charge is -2.25. The van der Waals surface area contributed by atoms with E-state index in [0.717, 1.165) is 5.56 Å². The van der Waals surface area contributed by atoms with Crippen LogP contribution in [0.1, 0.15) is 21.9 Å². The number of morpholine rings is 1. The first-order valence-electron chi connectivity index (χ1n) is 7.03. The number of rotatable bonds is 3. The Morgan fingerprint density at radius 1 is 1.00 bits per heavy atom. The first-order valence-corrected chi connectivity index (χ1v) is 7.03. The molecule has 0 unspecified atom stereocenters. The first kappa shape index (κ1) is 13.6. The standard InChI is InChI=1S/C17H17NO3/c19-17(18-10-12-20-13-11-18)16-9-8-15(21-16)7-6-14-4-2-1-3-5-14/h1-9H,10-13H2. The van der Waals surface area contributed by atoms with Crippen LogP contribution in [-0.4, -0.2) is 37.1 Å². The first-order chi connectivity index (χ1) is 10.3. The van der Waals surface area contributed by atoms with E-state index in [1.807, 2.05) is 48.6 Å². The lowest BCUT2D eigenvalue weighted by Crippen LogP contribution is -2.40. The summed E-state index contributed by atoms with van der Waals surface area (Å²) < 4.78 is 10.8. The monoisotopic (exact) mass is 283 g/mol. The third-order valence-electron chi connectivity index (χ3n) is 3.38. The minimum absolute atomic E-state index is 0.0716. The quantitative estimate of drug-likeness (QED) is 0.870. The summed E-state index contributed by atoms with van der Waals surface area (Å²) >= 11 is 0. The third-order valence-corrected chi connectivity index (χ3v) is 3.38. The van der Waals surface area contributed by atoms with Gasteiger partial charge in [-0.05, 0) is 23.8 Å². The molecule has 0 atom stereocenters. The van der Waals surface area contributed by atoms with Crippen molar-refractivity contribution in [2.75, 3.05) is 26.3 Å². The zero-order chi connectivity index (χ0) is 14.5. The molecular formula is C17H17NO3. The van der Waals surface area contributed by atoms with Crippen molar-refractivity contribution in [1.29, 1.82) is 0 Å². The normalized spacial score (nSPS) is 15.5. The largest absolute Gasteiger partial charge is 0.452 e. The highest BCUT2D eigenvalue weighted by Crippen LogP contribution is 2.14. The second-order valence-corrected chi connectivity index (χ2v) is 4.85. The van der Waals surface area contributed by atoms with E-state index in [2.05, 4.69) is 0 Å². The van der Waals surface area contributed by atoms with Crippen molar-refractivity contribution in [3.8, 4) is 0 Å². The molecule has 0 N–H and O–H groups in total. The summed E-state index contributed by atoms with van der Waals surface area (Å²) in [5.41, 5.74) is 1.09. The Balaban J connectivity index is 1.68. The number of hydrogen-bond donors (Lipinski definition) is 0. The minimum atomic E-state index is -0.0716. The molecule has 0 aliphatic carbocycles. The molecule has 108 valence electrons. The fraction of sp³-hybridized carbons (Fsp3) is 0.235. The summed E-state index contributed by atoms with van der Waals surface area (Å²) in [6, 6.07) is 13.5. The van der Waals surface area contributed by atoms with Crippen molar-refractivity contribution in [1.82, 2.24) is 4.90 Å². The molecule has 1 saturated heterocycles. The van der Waals surface area contributed by atoms with Crippen molar-refractivity contribution in [2.45, 2.75) is 0 Å². The zero-order valence-corrected chi connectivity index (χ0v) is 11.7. The minimum Gasteiger partial charge on any atom is -0.452 e. The lowest BCUT2D eigenvalue weighted by atomic mass is 10.2. The molecule has 1 aromatic heterocycles. The Kier molecular flexibility index (Phi) is 4.17. The van der Waals surface area contributed by atoms with Gasteiger partial charge in [0.1, 0.15) is 5.76 Å². The molecule has 2 aromatic rings. The van der Waals surface area contributed by atoms with Gasteiger partial charge in [0, 0.05) is 13.1 Å². The number of carbonyl (C=O) groups is 1. The van der Waals surface area contributed by atoms with Gasteiger partial charge in [-0.2, -0.15) is 0 Å². The zero-order valence-electron chi connectivity index (χ0n) is 11.7. The number of carbonyl (C=O) groups excluding carboxylic acids is 1. The molecule has 1 aliphatic heterocycles. The second-order valence-electron chi connectivity index (χ2n) is 4.85. The lowest BCUT2D eigenvalue weighted by molar-refractivity contribution is 0.0282. The van der Waals surface area contributed by atoms with E-state index in [1.54, 1.807) is 11.0 Å². The van der Waals surface area contributed by atoms with Gasteiger partial charge in [0.2, 0.25) is 0 Å². The van der Waals surface area contributed by atoms with Crippen LogP contribution in [0.3, 0.4) is 0 Å². The number of hydrogen-bond acceptors (Lipinski definition) is 3. The molecule has 1 amide bonds. The highest BCUT2D eigenvalue weighted by atomic mass is 16.5. The average Bonchev–Trinajstić information content (AvgIpc) is 3.03. The van der Waals surface area contributed by atoms with Gasteiger partial charge in [0.15, 0.2) is 5.76 Å². The van der Waals surface area contributed by atoms with Gasteiger partial charge >= 0.3 is 0 Å². The summed E-state index contributed by atoms with van der Waals surface area (Å²) in [5, 5.41) is 0. The number of furan rings is 1. The maximum Gasteiger partial charge on any atom is 0.289 e. The maximum absolute atomic E-state index is 12.2. The number of amides is 1. The fourth-order valence-corrected chi connectivity index (χ4v) is 2.22. The van der Waals surface area contributed by atoms with E-state index in [0.29, 0.717) is 37.8 Å². The molecule has 4 heteroatoms. The van der Waals surface area contributed by atoms with Crippen LogP contribution in [0, 0.1) is 0 Å². The van der Waals surface area contributed by atoms with Crippen LogP contribution in [0.2, 0.25) is 0 Å². The van der Waals surface area contributed by atoms with E-state index in [1.165, 1.54) is 0 Å². The Hall–Kier alpha value is -2.33. The summed E-state index contributed by atoms with van der Waals surface area (Å²) in [6.07, 6.45) is 3.83. The van der Waals surface area contributed by atoms with Crippen LogP contribution in [0.4, 0.5) is 0 Å². The third kappa shape index (κ3) is 3.41. The molecular weight excluding hydrogens is 266 g/mol. The Bertz CT molecular complexity index is 624.